The molecule has 3 aromatic carbocycles. The summed E-state index contributed by atoms with van der Waals surface area (Å²) in [6.45, 7) is 10.8. The molecule has 2 saturated carbocycles. The maximum absolute atomic E-state index is 16.5. The molecule has 2 bridgehead atoms. The molecule has 2 aliphatic carbocycles. The van der Waals surface area contributed by atoms with Crippen molar-refractivity contribution in [2.45, 2.75) is 122 Å². The highest BCUT2D eigenvalue weighted by atomic mass is 19.1. The maximum atomic E-state index is 16.5. The Morgan fingerprint density at radius 1 is 0.724 bits per heavy atom. The molecule has 406 valence electrons. The Morgan fingerprint density at radius 2 is 1.42 bits per heavy atom. The smallest absolute Gasteiger partial charge is 0.272 e. The molecule has 4 saturated heterocycles. The first-order chi connectivity index (χ1) is 36.6. The van der Waals surface area contributed by atoms with E-state index in [0.717, 1.165) is 70.6 Å². The molecule has 0 radical (unpaired) electrons. The Hall–Kier alpha value is -6.07. The number of nitrogens with one attached hydrogen (secondary N) is 2. The molecule has 76 heavy (non-hydrogen) atoms. The van der Waals surface area contributed by atoms with Crippen molar-refractivity contribution in [1.82, 2.24) is 40.0 Å². The third kappa shape index (κ3) is 11.6. The van der Waals surface area contributed by atoms with Crippen molar-refractivity contribution in [3.8, 4) is 0 Å². The van der Waals surface area contributed by atoms with Gasteiger partial charge in [0.15, 0.2) is 0 Å². The zero-order valence-electron chi connectivity index (χ0n) is 44.4. The van der Waals surface area contributed by atoms with E-state index >= 15 is 8.78 Å². The van der Waals surface area contributed by atoms with Crippen LogP contribution in [0.3, 0.4) is 0 Å². The molecular formula is C59H74F2N8O7. The summed E-state index contributed by atoms with van der Waals surface area (Å²) >= 11 is 0. The minimum absolute atomic E-state index is 0.00181. The standard InChI is InChI=1S/C59H74F2N8O7/c1-59(2,3)58(75)68-24-10-13-39(33-68)43-16-9-17-46(51(43)61)54(71)62-52(38-11-5-4-6-12-38)57(74)69-34-40-19-20-41(35-69)53(40)76-42-22-25-65(26-23-42)36-50(70)66-27-29-67(30-28-66)56(73)47-31-37(18-21-48(47)60)32-49-44-14-7-8-15-45(44)55(72)64-63-49/h7-9,14-18,21,31,38-42,52-53H,4-6,10-13,19-20,22-30,32-36H2,1-3H3,(H,62,71)(H,64,72)/t39-,40-,41+,52-,53?/m1/s1. The summed E-state index contributed by atoms with van der Waals surface area (Å²) in [6, 6.07) is 15.8. The molecule has 17 heteroatoms. The van der Waals surface area contributed by atoms with Gasteiger partial charge in [-0.25, -0.2) is 13.9 Å². The Bertz CT molecular complexity index is 2850. The van der Waals surface area contributed by atoms with Gasteiger partial charge < -0.3 is 29.7 Å². The average molecular weight is 1050 g/mol. The van der Waals surface area contributed by atoms with E-state index < -0.39 is 34.9 Å². The fourth-order valence-corrected chi connectivity index (χ4v) is 13.2. The number of carbonyl (C=O) groups is 5. The van der Waals surface area contributed by atoms with Gasteiger partial charge in [-0.15, -0.1) is 0 Å². The molecule has 4 aromatic rings. The van der Waals surface area contributed by atoms with E-state index in [-0.39, 0.29) is 89.9 Å². The van der Waals surface area contributed by atoms with Crippen LogP contribution in [0.2, 0.25) is 0 Å². The maximum Gasteiger partial charge on any atom is 0.272 e. The third-order valence-corrected chi connectivity index (χ3v) is 17.4. The highest BCUT2D eigenvalue weighted by Gasteiger charge is 2.47. The van der Waals surface area contributed by atoms with Gasteiger partial charge in [-0.05, 0) is 92.7 Å². The fourth-order valence-electron chi connectivity index (χ4n) is 13.2. The monoisotopic (exact) mass is 1040 g/mol. The Morgan fingerprint density at radius 3 is 2.13 bits per heavy atom. The van der Waals surface area contributed by atoms with Crippen molar-refractivity contribution >= 4 is 40.3 Å². The Labute approximate surface area is 444 Å². The van der Waals surface area contributed by atoms with Crippen molar-refractivity contribution in [3.63, 3.8) is 0 Å². The number of aromatic nitrogens is 2. The van der Waals surface area contributed by atoms with Crippen LogP contribution in [-0.4, -0.2) is 154 Å². The lowest BCUT2D eigenvalue weighted by Crippen LogP contribution is -2.57. The fraction of sp³-hybridized carbons (Fsp3) is 0.576. The molecule has 2 N–H and O–H groups in total. The van der Waals surface area contributed by atoms with Crippen LogP contribution in [0.1, 0.15) is 135 Å². The SMILES string of the molecule is CC(C)(C)C(=O)N1CCC[C@@H](c2cccc(C(=O)N[C@@H](C(=O)N3C[C@H]4CC[C@@H](C3)C4OC3CCN(CC(=O)N4CCN(C(=O)c5cc(Cc6n[nH]c(=O)c7ccccc67)ccc5F)CC4)CC3)C3CCCCC3)c2F)C1. The molecule has 4 aliphatic heterocycles. The van der Waals surface area contributed by atoms with E-state index in [2.05, 4.69) is 20.4 Å². The van der Waals surface area contributed by atoms with Crippen LogP contribution in [0, 0.1) is 34.8 Å². The van der Waals surface area contributed by atoms with Crippen LogP contribution in [0.25, 0.3) is 10.8 Å². The first kappa shape index (κ1) is 53.3. The number of carbonyl (C=O) groups excluding carboxylic acids is 5. The summed E-state index contributed by atoms with van der Waals surface area (Å²) in [5.74, 6) is -2.17. The summed E-state index contributed by atoms with van der Waals surface area (Å²) in [6.07, 6.45) is 10.0. The number of H-pyrrole nitrogens is 1. The molecule has 0 spiro atoms. The van der Waals surface area contributed by atoms with Gasteiger partial charge in [-0.1, -0.05) is 76.4 Å². The number of amides is 5. The van der Waals surface area contributed by atoms with E-state index in [1.807, 2.05) is 42.7 Å². The summed E-state index contributed by atoms with van der Waals surface area (Å²) in [7, 11) is 0. The van der Waals surface area contributed by atoms with Crippen LogP contribution in [0.4, 0.5) is 8.78 Å². The molecular weight excluding hydrogens is 971 g/mol. The molecule has 5 heterocycles. The molecule has 6 fully saturated rings. The zero-order chi connectivity index (χ0) is 53.3. The van der Waals surface area contributed by atoms with Gasteiger partial charge in [0.05, 0.1) is 41.0 Å². The first-order valence-electron chi connectivity index (χ1n) is 28.0. The quantitative estimate of drug-likeness (QED) is 0.153. The largest absolute Gasteiger partial charge is 0.374 e. The molecule has 5 atom stereocenters. The number of hydrogen-bond acceptors (Lipinski definition) is 9. The number of likely N-dealkylation sites (tertiary alicyclic amines) is 3. The highest BCUT2D eigenvalue weighted by Crippen LogP contribution is 2.41. The molecule has 1 unspecified atom stereocenters. The van der Waals surface area contributed by atoms with Gasteiger partial charge in [-0.3, -0.25) is 33.7 Å². The second-order valence-corrected chi connectivity index (χ2v) is 23.5. The summed E-state index contributed by atoms with van der Waals surface area (Å²) in [5, 5.41) is 11.0. The molecule has 10 rings (SSSR count). The highest BCUT2D eigenvalue weighted by molar-refractivity contribution is 5.98. The number of rotatable bonds is 12. The van der Waals surface area contributed by atoms with Crippen LogP contribution in [0.15, 0.2) is 65.5 Å². The predicted molar refractivity (Wildman–Crippen MR) is 283 cm³/mol. The van der Waals surface area contributed by atoms with Crippen molar-refractivity contribution in [1.29, 1.82) is 0 Å². The number of benzene rings is 3. The van der Waals surface area contributed by atoms with E-state index in [4.69, 9.17) is 4.74 Å². The van der Waals surface area contributed by atoms with Crippen LogP contribution < -0.4 is 10.9 Å². The van der Waals surface area contributed by atoms with Gasteiger partial charge in [0.1, 0.15) is 17.7 Å². The van der Waals surface area contributed by atoms with Crippen LogP contribution >= 0.6 is 0 Å². The van der Waals surface area contributed by atoms with Crippen molar-refractivity contribution in [2.75, 3.05) is 72.0 Å². The van der Waals surface area contributed by atoms with Gasteiger partial charge in [0.25, 0.3) is 17.4 Å². The van der Waals surface area contributed by atoms with E-state index in [1.54, 1.807) is 46.2 Å². The van der Waals surface area contributed by atoms with Gasteiger partial charge >= 0.3 is 0 Å². The van der Waals surface area contributed by atoms with Crippen molar-refractivity contribution < 1.29 is 37.5 Å². The van der Waals surface area contributed by atoms with E-state index in [1.165, 1.54) is 12.1 Å². The molecule has 15 nitrogen and oxygen atoms in total. The lowest BCUT2D eigenvalue weighted by Gasteiger charge is -2.43. The Kier molecular flexibility index (Phi) is 16.0. The van der Waals surface area contributed by atoms with E-state index in [9.17, 15) is 28.8 Å². The average Bonchev–Trinajstić information content (AvgIpc) is 3.66. The number of hydrogen-bond donors (Lipinski definition) is 2. The normalized spacial score (nSPS) is 23.4. The second kappa shape index (κ2) is 22.9. The number of piperidine rings is 3. The van der Waals surface area contributed by atoms with Gasteiger partial charge in [0, 0.05) is 100 Å². The number of ether oxygens (including phenoxy) is 1. The molecule has 1 aromatic heterocycles. The van der Waals surface area contributed by atoms with Gasteiger partial charge in [0.2, 0.25) is 17.7 Å². The van der Waals surface area contributed by atoms with Crippen LogP contribution in [-0.2, 0) is 25.5 Å². The number of fused-ring (bicyclic) bond motifs is 3. The lowest BCUT2D eigenvalue weighted by molar-refractivity contribution is -0.145. The summed E-state index contributed by atoms with van der Waals surface area (Å²) in [4.78, 5) is 90.8. The minimum atomic E-state index is -0.755. The third-order valence-electron chi connectivity index (χ3n) is 17.4. The van der Waals surface area contributed by atoms with E-state index in [0.29, 0.717) is 86.4 Å². The predicted octanol–water partition coefficient (Wildman–Crippen LogP) is 6.93. The van der Waals surface area contributed by atoms with Crippen LogP contribution in [0.5, 0.6) is 0 Å². The Balaban J connectivity index is 0.691. The zero-order valence-corrected chi connectivity index (χ0v) is 44.4. The molecule has 6 aliphatic rings. The summed E-state index contributed by atoms with van der Waals surface area (Å²) in [5.41, 5.74) is 0.798. The number of aromatic amines is 1. The number of piperazine rings is 1. The molecule has 5 amide bonds. The first-order valence-corrected chi connectivity index (χ1v) is 28.0. The van der Waals surface area contributed by atoms with Crippen molar-refractivity contribution in [3.05, 3.63) is 111 Å². The van der Waals surface area contributed by atoms with Crippen molar-refractivity contribution in [2.24, 2.45) is 23.2 Å². The summed E-state index contributed by atoms with van der Waals surface area (Å²) < 4.78 is 38.5. The lowest BCUT2D eigenvalue weighted by atomic mass is 9.82. The van der Waals surface area contributed by atoms with Gasteiger partial charge in [-0.2, -0.15) is 5.10 Å². The second-order valence-electron chi connectivity index (χ2n) is 23.5. The number of nitrogens with zero attached hydrogens (tertiary/aromatic N) is 6. The number of halogens is 2. The topological polar surface area (TPSA) is 169 Å². The minimum Gasteiger partial charge on any atom is -0.374 e.